The summed E-state index contributed by atoms with van der Waals surface area (Å²) < 4.78 is 5.34. The fourth-order valence-corrected chi connectivity index (χ4v) is 2.44. The first-order valence-electron chi connectivity index (χ1n) is 7.14. The van der Waals surface area contributed by atoms with E-state index >= 15 is 0 Å². The van der Waals surface area contributed by atoms with Crippen LogP contribution in [0.15, 0.2) is 24.3 Å². The topological polar surface area (TPSA) is 75.9 Å². The maximum absolute atomic E-state index is 12.3. The summed E-state index contributed by atoms with van der Waals surface area (Å²) in [6, 6.07) is 6.50. The molecule has 2 amide bonds. The number of nitrogens with zero attached hydrogens (tertiary/aromatic N) is 2. The second-order valence-electron chi connectivity index (χ2n) is 5.62. The summed E-state index contributed by atoms with van der Waals surface area (Å²) in [5.74, 6) is 0.286. The number of hydrogen-bond acceptors (Lipinski definition) is 4. The molecule has 1 heterocycles. The van der Waals surface area contributed by atoms with Crippen molar-refractivity contribution < 1.29 is 14.3 Å². The molecular formula is C15H20ClN3O3. The first-order chi connectivity index (χ1) is 10.1. The van der Waals surface area contributed by atoms with Crippen molar-refractivity contribution in [3.8, 4) is 0 Å². The van der Waals surface area contributed by atoms with Crippen LogP contribution in [-0.2, 0) is 9.53 Å². The lowest BCUT2D eigenvalue weighted by Crippen LogP contribution is -2.47. The Morgan fingerprint density at radius 1 is 1.32 bits per heavy atom. The van der Waals surface area contributed by atoms with E-state index in [1.54, 1.807) is 19.2 Å². The molecule has 1 aromatic carbocycles. The van der Waals surface area contributed by atoms with E-state index in [0.717, 1.165) is 12.8 Å². The molecule has 2 N–H and O–H groups in total. The predicted octanol–water partition coefficient (Wildman–Crippen LogP) is 1.77. The predicted molar refractivity (Wildman–Crippen MR) is 86.5 cm³/mol. The zero-order chi connectivity index (χ0) is 15.0. The molecule has 120 valence electrons. The van der Waals surface area contributed by atoms with Crippen LogP contribution in [0.1, 0.15) is 12.8 Å². The molecule has 1 saturated carbocycles. The summed E-state index contributed by atoms with van der Waals surface area (Å²) in [4.78, 5) is 27.5. The number of carbonyl (C=O) groups excluding carboxylic acids is 2. The molecule has 1 fully saturated rings. The number of ether oxygens (including phenoxy) is 1. The van der Waals surface area contributed by atoms with Crippen LogP contribution in [-0.4, -0.2) is 38.2 Å². The molecule has 1 aliphatic heterocycles. The van der Waals surface area contributed by atoms with Crippen LogP contribution in [0.2, 0.25) is 0 Å². The molecule has 1 atom stereocenters. The Morgan fingerprint density at radius 2 is 1.95 bits per heavy atom. The van der Waals surface area contributed by atoms with E-state index in [2.05, 4.69) is 0 Å². The van der Waals surface area contributed by atoms with Gasteiger partial charge in [-0.25, -0.2) is 4.79 Å². The number of nitrogens with two attached hydrogens (primary N) is 1. The monoisotopic (exact) mass is 325 g/mol. The standard InChI is InChI=1S/C15H19N3O3.ClH/c1-17-12-4-2-3-5-13(12)18(8-11(16)14(17)19)15(20)21-9-10-6-7-10;/h2-5,10-11H,6-9,16H2,1H3;1H. The highest BCUT2D eigenvalue weighted by molar-refractivity contribution is 6.05. The van der Waals surface area contributed by atoms with Gasteiger partial charge in [0.1, 0.15) is 6.04 Å². The third kappa shape index (κ3) is 3.18. The van der Waals surface area contributed by atoms with Crippen molar-refractivity contribution in [1.82, 2.24) is 0 Å². The Bertz CT molecular complexity index is 577. The maximum Gasteiger partial charge on any atom is 0.414 e. The average Bonchev–Trinajstić information content (AvgIpc) is 3.32. The van der Waals surface area contributed by atoms with Gasteiger partial charge in [-0.3, -0.25) is 9.69 Å². The summed E-state index contributed by atoms with van der Waals surface area (Å²) in [5.41, 5.74) is 7.22. The lowest BCUT2D eigenvalue weighted by atomic mass is 10.2. The number of hydrogen-bond donors (Lipinski definition) is 1. The van der Waals surface area contributed by atoms with E-state index < -0.39 is 12.1 Å². The highest BCUT2D eigenvalue weighted by atomic mass is 35.5. The van der Waals surface area contributed by atoms with Crippen molar-refractivity contribution in [2.24, 2.45) is 11.7 Å². The molecule has 3 rings (SSSR count). The Hall–Kier alpha value is -1.79. The van der Waals surface area contributed by atoms with Crippen LogP contribution >= 0.6 is 12.4 Å². The average molecular weight is 326 g/mol. The Labute approximate surface area is 135 Å². The number of halogens is 1. The van der Waals surface area contributed by atoms with Gasteiger partial charge >= 0.3 is 6.09 Å². The normalized spacial score (nSPS) is 20.8. The molecule has 22 heavy (non-hydrogen) atoms. The van der Waals surface area contributed by atoms with Gasteiger partial charge in [-0.05, 0) is 30.9 Å². The van der Waals surface area contributed by atoms with E-state index in [0.29, 0.717) is 23.9 Å². The number of anilines is 2. The number of para-hydroxylation sites is 2. The van der Waals surface area contributed by atoms with Crippen molar-refractivity contribution in [3.05, 3.63) is 24.3 Å². The summed E-state index contributed by atoms with van der Waals surface area (Å²) in [6.45, 7) is 0.570. The molecule has 0 aromatic heterocycles. The van der Waals surface area contributed by atoms with E-state index in [1.807, 2.05) is 12.1 Å². The molecule has 6 nitrogen and oxygen atoms in total. The number of rotatable bonds is 2. The molecule has 0 saturated heterocycles. The van der Waals surface area contributed by atoms with Crippen molar-refractivity contribution in [2.45, 2.75) is 18.9 Å². The highest BCUT2D eigenvalue weighted by Gasteiger charge is 2.33. The minimum absolute atomic E-state index is 0. The third-order valence-electron chi connectivity index (χ3n) is 3.92. The van der Waals surface area contributed by atoms with Crippen molar-refractivity contribution in [1.29, 1.82) is 0 Å². The van der Waals surface area contributed by atoms with Gasteiger partial charge < -0.3 is 15.4 Å². The van der Waals surface area contributed by atoms with Crippen LogP contribution in [0.5, 0.6) is 0 Å². The minimum atomic E-state index is -0.754. The van der Waals surface area contributed by atoms with Crippen molar-refractivity contribution >= 4 is 35.8 Å². The number of fused-ring (bicyclic) bond motifs is 1. The molecule has 1 aromatic rings. The maximum atomic E-state index is 12.3. The minimum Gasteiger partial charge on any atom is -0.449 e. The van der Waals surface area contributed by atoms with E-state index in [1.165, 1.54) is 9.80 Å². The smallest absolute Gasteiger partial charge is 0.414 e. The third-order valence-corrected chi connectivity index (χ3v) is 3.92. The molecule has 1 aliphatic carbocycles. The first kappa shape index (κ1) is 16.6. The van der Waals surface area contributed by atoms with Gasteiger partial charge in [-0.15, -0.1) is 12.4 Å². The zero-order valence-corrected chi connectivity index (χ0v) is 13.2. The summed E-state index contributed by atoms with van der Waals surface area (Å²) in [5, 5.41) is 0. The first-order valence-corrected chi connectivity index (χ1v) is 7.14. The van der Waals surface area contributed by atoms with Crippen LogP contribution in [0.3, 0.4) is 0 Å². The fourth-order valence-electron chi connectivity index (χ4n) is 2.44. The van der Waals surface area contributed by atoms with Gasteiger partial charge in [-0.2, -0.15) is 0 Å². The quantitative estimate of drug-likeness (QED) is 0.899. The largest absolute Gasteiger partial charge is 0.449 e. The van der Waals surface area contributed by atoms with E-state index in [-0.39, 0.29) is 24.9 Å². The number of benzene rings is 1. The van der Waals surface area contributed by atoms with Crippen molar-refractivity contribution in [2.75, 3.05) is 30.0 Å². The van der Waals surface area contributed by atoms with Crippen LogP contribution in [0.4, 0.5) is 16.2 Å². The van der Waals surface area contributed by atoms with Crippen LogP contribution in [0.25, 0.3) is 0 Å². The Kier molecular flexibility index (Phi) is 4.93. The second kappa shape index (κ2) is 6.54. The van der Waals surface area contributed by atoms with E-state index in [4.69, 9.17) is 10.5 Å². The lowest BCUT2D eigenvalue weighted by Gasteiger charge is -2.23. The number of amides is 2. The molecular weight excluding hydrogens is 306 g/mol. The molecule has 7 heteroatoms. The van der Waals surface area contributed by atoms with Gasteiger partial charge in [0.2, 0.25) is 5.91 Å². The summed E-state index contributed by atoms with van der Waals surface area (Å²) >= 11 is 0. The fraction of sp³-hybridized carbons (Fsp3) is 0.467. The number of likely N-dealkylation sites (N-methyl/N-ethyl adjacent to an activating group) is 1. The zero-order valence-electron chi connectivity index (χ0n) is 12.4. The summed E-state index contributed by atoms with van der Waals surface area (Å²) in [6.07, 6.45) is 1.79. The van der Waals surface area contributed by atoms with Gasteiger partial charge in [0, 0.05) is 7.05 Å². The van der Waals surface area contributed by atoms with E-state index in [9.17, 15) is 9.59 Å². The molecule has 1 unspecified atom stereocenters. The number of carbonyl (C=O) groups is 2. The molecule has 0 bridgehead atoms. The summed E-state index contributed by atoms with van der Waals surface area (Å²) in [7, 11) is 1.67. The lowest BCUT2D eigenvalue weighted by molar-refractivity contribution is -0.119. The molecule has 0 spiro atoms. The molecule has 2 aliphatic rings. The second-order valence-corrected chi connectivity index (χ2v) is 5.62. The SMILES string of the molecule is CN1C(=O)C(N)CN(C(=O)OCC2CC2)c2ccccc21.Cl. The van der Waals surface area contributed by atoms with Gasteiger partial charge in [0.25, 0.3) is 0 Å². The highest BCUT2D eigenvalue weighted by Crippen LogP contribution is 2.33. The van der Waals surface area contributed by atoms with Gasteiger partial charge in [0.05, 0.1) is 24.5 Å². The Morgan fingerprint density at radius 3 is 2.59 bits per heavy atom. The van der Waals surface area contributed by atoms with Gasteiger partial charge in [0.15, 0.2) is 0 Å². The van der Waals surface area contributed by atoms with Crippen LogP contribution in [0, 0.1) is 5.92 Å². The van der Waals surface area contributed by atoms with Gasteiger partial charge in [-0.1, -0.05) is 12.1 Å². The molecule has 0 radical (unpaired) electrons. The Balaban J connectivity index is 0.00000176. The van der Waals surface area contributed by atoms with Crippen molar-refractivity contribution in [3.63, 3.8) is 0 Å². The van der Waals surface area contributed by atoms with Crippen LogP contribution < -0.4 is 15.5 Å².